The summed E-state index contributed by atoms with van der Waals surface area (Å²) < 4.78 is 0. The molecule has 2 heterocycles. The van der Waals surface area contributed by atoms with E-state index in [4.69, 9.17) is 5.73 Å². The van der Waals surface area contributed by atoms with Gasteiger partial charge in [-0.1, -0.05) is 6.07 Å². The first-order chi connectivity index (χ1) is 7.86. The monoisotopic (exact) mass is 233 g/mol. The van der Waals surface area contributed by atoms with Gasteiger partial charge in [0.05, 0.1) is 10.6 Å². The molecule has 0 amide bonds. The smallest absolute Gasteiger partial charge is 0.147 e. The number of nitrogens with one attached hydrogen (secondary N) is 1. The van der Waals surface area contributed by atoms with Gasteiger partial charge in [0.1, 0.15) is 5.82 Å². The topological polar surface area (TPSA) is 54.7 Å². The SMILES string of the molecule is NCC1CCc2nc(-c3cccs3)[nH]c2C1. The van der Waals surface area contributed by atoms with Crippen molar-refractivity contribution >= 4 is 11.3 Å². The van der Waals surface area contributed by atoms with Crippen molar-refractivity contribution < 1.29 is 0 Å². The van der Waals surface area contributed by atoms with Gasteiger partial charge >= 0.3 is 0 Å². The quantitative estimate of drug-likeness (QED) is 0.835. The van der Waals surface area contributed by atoms with Crippen molar-refractivity contribution in [2.75, 3.05) is 6.54 Å². The fourth-order valence-corrected chi connectivity index (χ4v) is 2.95. The molecule has 0 saturated heterocycles. The van der Waals surface area contributed by atoms with E-state index in [-0.39, 0.29) is 0 Å². The highest BCUT2D eigenvalue weighted by Crippen LogP contribution is 2.28. The molecular weight excluding hydrogens is 218 g/mol. The van der Waals surface area contributed by atoms with Gasteiger partial charge in [-0.3, -0.25) is 0 Å². The van der Waals surface area contributed by atoms with Gasteiger partial charge in [0.2, 0.25) is 0 Å². The highest BCUT2D eigenvalue weighted by Gasteiger charge is 2.21. The van der Waals surface area contributed by atoms with Crippen LogP contribution in [0.5, 0.6) is 0 Å². The van der Waals surface area contributed by atoms with E-state index in [2.05, 4.69) is 27.5 Å². The van der Waals surface area contributed by atoms with Gasteiger partial charge in [-0.05, 0) is 43.2 Å². The minimum atomic E-state index is 0.629. The Hall–Kier alpha value is -1.13. The van der Waals surface area contributed by atoms with Crippen molar-refractivity contribution in [3.05, 3.63) is 28.9 Å². The van der Waals surface area contributed by atoms with Crippen molar-refractivity contribution in [2.24, 2.45) is 11.7 Å². The standard InChI is InChI=1S/C12H15N3S/c13-7-8-3-4-9-10(6-8)15-12(14-9)11-2-1-5-16-11/h1-2,5,8H,3-4,6-7,13H2,(H,14,15). The van der Waals surface area contributed by atoms with Crippen LogP contribution >= 0.6 is 11.3 Å². The first-order valence-electron chi connectivity index (χ1n) is 5.68. The van der Waals surface area contributed by atoms with Crippen LogP contribution in [0.4, 0.5) is 0 Å². The molecule has 1 unspecified atom stereocenters. The molecule has 0 aromatic carbocycles. The molecule has 2 aromatic heterocycles. The summed E-state index contributed by atoms with van der Waals surface area (Å²) in [6.07, 6.45) is 3.31. The summed E-state index contributed by atoms with van der Waals surface area (Å²) in [7, 11) is 0. The number of rotatable bonds is 2. The average Bonchev–Trinajstić information content (AvgIpc) is 2.96. The molecule has 0 bridgehead atoms. The molecule has 1 aliphatic rings. The lowest BCUT2D eigenvalue weighted by Gasteiger charge is -2.18. The predicted molar refractivity (Wildman–Crippen MR) is 66.5 cm³/mol. The van der Waals surface area contributed by atoms with Gasteiger partial charge in [-0.15, -0.1) is 11.3 Å². The minimum Gasteiger partial charge on any atom is -0.341 e. The lowest BCUT2D eigenvalue weighted by atomic mass is 9.90. The number of aryl methyl sites for hydroxylation is 1. The van der Waals surface area contributed by atoms with Crippen LogP contribution in [0.3, 0.4) is 0 Å². The molecule has 0 aliphatic heterocycles. The molecule has 1 aliphatic carbocycles. The third-order valence-corrected chi connectivity index (χ3v) is 4.11. The molecule has 0 saturated carbocycles. The van der Waals surface area contributed by atoms with Crippen molar-refractivity contribution in [3.8, 4) is 10.7 Å². The van der Waals surface area contributed by atoms with Crippen molar-refractivity contribution in [1.82, 2.24) is 9.97 Å². The highest BCUT2D eigenvalue weighted by atomic mass is 32.1. The van der Waals surface area contributed by atoms with Gasteiger partial charge in [0.15, 0.2) is 0 Å². The largest absolute Gasteiger partial charge is 0.341 e. The second kappa shape index (κ2) is 4.03. The number of fused-ring (bicyclic) bond motifs is 1. The Morgan fingerprint density at radius 2 is 2.50 bits per heavy atom. The number of nitrogens with zero attached hydrogens (tertiary/aromatic N) is 1. The van der Waals surface area contributed by atoms with Crippen LogP contribution in [-0.2, 0) is 12.8 Å². The summed E-state index contributed by atoms with van der Waals surface area (Å²) in [5.41, 5.74) is 8.27. The number of H-pyrrole nitrogens is 1. The van der Waals surface area contributed by atoms with Crippen LogP contribution in [0.15, 0.2) is 17.5 Å². The van der Waals surface area contributed by atoms with Crippen molar-refractivity contribution in [2.45, 2.75) is 19.3 Å². The lowest BCUT2D eigenvalue weighted by Crippen LogP contribution is -2.22. The summed E-state index contributed by atoms with van der Waals surface area (Å²) in [6.45, 7) is 0.785. The molecule has 0 fully saturated rings. The van der Waals surface area contributed by atoms with Crippen LogP contribution in [0.1, 0.15) is 17.8 Å². The average molecular weight is 233 g/mol. The normalized spacial score (nSPS) is 19.7. The summed E-state index contributed by atoms with van der Waals surface area (Å²) >= 11 is 1.73. The Labute approximate surface area is 98.7 Å². The van der Waals surface area contributed by atoms with E-state index in [0.717, 1.165) is 25.2 Å². The summed E-state index contributed by atoms with van der Waals surface area (Å²) in [4.78, 5) is 9.34. The molecule has 3 N–H and O–H groups in total. The molecule has 3 rings (SSSR count). The first kappa shape index (κ1) is 10.1. The third-order valence-electron chi connectivity index (χ3n) is 3.23. The van der Waals surface area contributed by atoms with E-state index >= 15 is 0 Å². The third kappa shape index (κ3) is 1.68. The van der Waals surface area contributed by atoms with E-state index < -0.39 is 0 Å². The maximum atomic E-state index is 5.73. The zero-order chi connectivity index (χ0) is 11.0. The lowest BCUT2D eigenvalue weighted by molar-refractivity contribution is 0.461. The minimum absolute atomic E-state index is 0.629. The zero-order valence-corrected chi connectivity index (χ0v) is 9.89. The number of nitrogens with two attached hydrogens (primary N) is 1. The Kier molecular flexibility index (Phi) is 2.53. The number of thiophene rings is 1. The maximum absolute atomic E-state index is 5.73. The Morgan fingerprint density at radius 3 is 3.25 bits per heavy atom. The second-order valence-corrected chi connectivity index (χ2v) is 5.28. The number of hydrogen-bond acceptors (Lipinski definition) is 3. The van der Waals surface area contributed by atoms with Gasteiger partial charge in [0, 0.05) is 5.69 Å². The van der Waals surface area contributed by atoms with Crippen LogP contribution < -0.4 is 5.73 Å². The van der Waals surface area contributed by atoms with Crippen molar-refractivity contribution in [3.63, 3.8) is 0 Å². The van der Waals surface area contributed by atoms with Crippen molar-refractivity contribution in [1.29, 1.82) is 0 Å². The highest BCUT2D eigenvalue weighted by molar-refractivity contribution is 7.13. The molecule has 16 heavy (non-hydrogen) atoms. The van der Waals surface area contributed by atoms with Crippen LogP contribution in [0.2, 0.25) is 0 Å². The molecule has 84 valence electrons. The van der Waals surface area contributed by atoms with E-state index in [9.17, 15) is 0 Å². The molecule has 2 aromatic rings. The number of imidazole rings is 1. The maximum Gasteiger partial charge on any atom is 0.147 e. The van der Waals surface area contributed by atoms with E-state index in [1.54, 1.807) is 11.3 Å². The summed E-state index contributed by atoms with van der Waals surface area (Å²) in [5, 5.41) is 2.08. The molecule has 4 heteroatoms. The summed E-state index contributed by atoms with van der Waals surface area (Å²) in [6, 6.07) is 4.17. The van der Waals surface area contributed by atoms with E-state index in [1.165, 1.54) is 22.7 Å². The van der Waals surface area contributed by atoms with Crippen LogP contribution in [0.25, 0.3) is 10.7 Å². The molecule has 3 nitrogen and oxygen atoms in total. The molecular formula is C12H15N3S. The fraction of sp³-hybridized carbons (Fsp3) is 0.417. The molecule has 0 radical (unpaired) electrons. The number of aromatic nitrogens is 2. The molecule has 1 atom stereocenters. The Morgan fingerprint density at radius 1 is 1.56 bits per heavy atom. The van der Waals surface area contributed by atoms with Gasteiger partial charge in [0.25, 0.3) is 0 Å². The predicted octanol–water partition coefficient (Wildman–Crippen LogP) is 2.20. The van der Waals surface area contributed by atoms with Gasteiger partial charge < -0.3 is 10.7 Å². The first-order valence-corrected chi connectivity index (χ1v) is 6.56. The number of hydrogen-bond donors (Lipinski definition) is 2. The Bertz CT molecular complexity index is 472. The van der Waals surface area contributed by atoms with Gasteiger partial charge in [-0.25, -0.2) is 4.98 Å². The van der Waals surface area contributed by atoms with Crippen LogP contribution in [-0.4, -0.2) is 16.5 Å². The second-order valence-electron chi connectivity index (χ2n) is 4.33. The zero-order valence-electron chi connectivity index (χ0n) is 9.07. The van der Waals surface area contributed by atoms with Crippen LogP contribution in [0, 0.1) is 5.92 Å². The van der Waals surface area contributed by atoms with E-state index in [1.807, 2.05) is 0 Å². The van der Waals surface area contributed by atoms with Gasteiger partial charge in [-0.2, -0.15) is 0 Å². The fourth-order valence-electron chi connectivity index (χ4n) is 2.28. The Balaban J connectivity index is 1.92. The molecule has 0 spiro atoms. The van der Waals surface area contributed by atoms with E-state index in [0.29, 0.717) is 5.92 Å². The number of aromatic amines is 1. The summed E-state index contributed by atoms with van der Waals surface area (Å²) in [5.74, 6) is 1.65.